The lowest BCUT2D eigenvalue weighted by molar-refractivity contribution is 0.156. The van der Waals surface area contributed by atoms with Crippen LogP contribution in [0.3, 0.4) is 0 Å². The maximum absolute atomic E-state index is 13.3. The fraction of sp³-hybridized carbons (Fsp3) is 0.364. The smallest absolute Gasteiger partial charge is 0.322 e. The average Bonchev–Trinajstić information content (AvgIpc) is 3.24. The summed E-state index contributed by atoms with van der Waals surface area (Å²) in [5.41, 5.74) is 0.566. The first-order valence-corrected chi connectivity index (χ1v) is 9.82. The summed E-state index contributed by atoms with van der Waals surface area (Å²) in [5.74, 6) is 0.769. The van der Waals surface area contributed by atoms with Gasteiger partial charge in [-0.15, -0.1) is 0 Å². The predicted octanol–water partition coefficient (Wildman–Crippen LogP) is 4.50. The molecule has 2 aromatic heterocycles. The highest BCUT2D eigenvalue weighted by Gasteiger charge is 2.27. The lowest BCUT2D eigenvalue weighted by Gasteiger charge is -2.34. The number of benzene rings is 1. The molecule has 0 unspecified atom stereocenters. The van der Waals surface area contributed by atoms with Gasteiger partial charge in [0.1, 0.15) is 5.76 Å². The molecule has 6 nitrogen and oxygen atoms in total. The minimum atomic E-state index is -0.160. The summed E-state index contributed by atoms with van der Waals surface area (Å²) in [7, 11) is 1.70. The Hall–Kier alpha value is -3.02. The van der Waals surface area contributed by atoms with E-state index < -0.39 is 0 Å². The Morgan fingerprint density at radius 3 is 2.61 bits per heavy atom. The Bertz CT molecular complexity index is 1020. The number of nitrogens with zero attached hydrogens (tertiary/aromatic N) is 2. The molecule has 2 heterocycles. The van der Waals surface area contributed by atoms with E-state index in [9.17, 15) is 9.59 Å². The number of urea groups is 1. The van der Waals surface area contributed by atoms with Gasteiger partial charge in [0, 0.05) is 30.1 Å². The van der Waals surface area contributed by atoms with Gasteiger partial charge in [0.25, 0.3) is 5.56 Å². The van der Waals surface area contributed by atoms with Crippen LogP contribution in [-0.4, -0.2) is 21.5 Å². The fourth-order valence-corrected chi connectivity index (χ4v) is 4.03. The first kappa shape index (κ1) is 18.3. The van der Waals surface area contributed by atoms with E-state index in [1.54, 1.807) is 25.6 Å². The van der Waals surface area contributed by atoms with Crippen LogP contribution in [0.2, 0.25) is 0 Å². The quantitative estimate of drug-likeness (QED) is 0.726. The van der Waals surface area contributed by atoms with Crippen LogP contribution in [0.25, 0.3) is 10.8 Å². The van der Waals surface area contributed by atoms with E-state index in [0.717, 1.165) is 36.8 Å². The lowest BCUT2D eigenvalue weighted by Crippen LogP contribution is -2.43. The van der Waals surface area contributed by atoms with Gasteiger partial charge in [-0.2, -0.15) is 0 Å². The number of rotatable bonds is 4. The summed E-state index contributed by atoms with van der Waals surface area (Å²) in [5, 5.41) is 4.39. The molecule has 1 aromatic carbocycles. The molecule has 0 spiro atoms. The van der Waals surface area contributed by atoms with Crippen LogP contribution in [0.4, 0.5) is 10.5 Å². The zero-order chi connectivity index (χ0) is 19.5. The third-order valence-corrected chi connectivity index (χ3v) is 5.51. The van der Waals surface area contributed by atoms with Gasteiger partial charge >= 0.3 is 6.03 Å². The number of fused-ring (bicyclic) bond motifs is 1. The monoisotopic (exact) mass is 379 g/mol. The van der Waals surface area contributed by atoms with Crippen molar-refractivity contribution in [3.8, 4) is 0 Å². The molecule has 6 heteroatoms. The molecule has 1 aliphatic rings. The standard InChI is InChI=1S/C22H25N3O3/c1-24-15-20(18-11-5-6-12-19(18)21(24)26)23-22(27)25(14-17-10-7-13-28-17)16-8-3-2-4-9-16/h5-7,10-13,15-16H,2-4,8-9,14H2,1H3,(H,23,27). The number of hydrogen-bond donors (Lipinski definition) is 1. The number of carbonyl (C=O) groups is 1. The first-order chi connectivity index (χ1) is 13.6. The van der Waals surface area contributed by atoms with Crippen LogP contribution < -0.4 is 10.9 Å². The summed E-state index contributed by atoms with van der Waals surface area (Å²) >= 11 is 0. The molecule has 0 aliphatic heterocycles. The van der Waals surface area contributed by atoms with Crippen molar-refractivity contribution in [2.45, 2.75) is 44.7 Å². The number of aryl methyl sites for hydroxylation is 1. The third-order valence-electron chi connectivity index (χ3n) is 5.51. The minimum Gasteiger partial charge on any atom is -0.467 e. The summed E-state index contributed by atoms with van der Waals surface area (Å²) in [6.07, 6.45) is 8.81. The second-order valence-corrected chi connectivity index (χ2v) is 7.43. The molecule has 146 valence electrons. The van der Waals surface area contributed by atoms with E-state index in [-0.39, 0.29) is 17.6 Å². The number of furan rings is 1. The Kier molecular flexibility index (Phi) is 5.19. The number of anilines is 1. The van der Waals surface area contributed by atoms with Crippen molar-refractivity contribution in [1.29, 1.82) is 0 Å². The Morgan fingerprint density at radius 1 is 1.14 bits per heavy atom. The highest BCUT2D eigenvalue weighted by Crippen LogP contribution is 2.26. The molecular formula is C22H25N3O3. The molecule has 1 fully saturated rings. The van der Waals surface area contributed by atoms with E-state index in [4.69, 9.17) is 4.42 Å². The summed E-state index contributed by atoms with van der Waals surface area (Å²) in [6, 6.07) is 11.1. The molecule has 2 amide bonds. The maximum Gasteiger partial charge on any atom is 0.322 e. The second-order valence-electron chi connectivity index (χ2n) is 7.43. The van der Waals surface area contributed by atoms with Crippen molar-refractivity contribution in [3.63, 3.8) is 0 Å². The van der Waals surface area contributed by atoms with Gasteiger partial charge < -0.3 is 19.2 Å². The second kappa shape index (κ2) is 7.92. The Labute approximate surface area is 163 Å². The van der Waals surface area contributed by atoms with Crippen molar-refractivity contribution in [3.05, 3.63) is 65.0 Å². The zero-order valence-electron chi connectivity index (χ0n) is 16.1. The van der Waals surface area contributed by atoms with E-state index in [0.29, 0.717) is 17.6 Å². The number of aromatic nitrogens is 1. The number of amides is 2. The number of hydrogen-bond acceptors (Lipinski definition) is 3. The molecule has 0 radical (unpaired) electrons. The molecule has 1 aliphatic carbocycles. The molecular weight excluding hydrogens is 354 g/mol. The van der Waals surface area contributed by atoms with Crippen LogP contribution in [0.15, 0.2) is 58.1 Å². The summed E-state index contributed by atoms with van der Waals surface area (Å²) < 4.78 is 7.00. The molecule has 28 heavy (non-hydrogen) atoms. The van der Waals surface area contributed by atoms with E-state index >= 15 is 0 Å². The average molecular weight is 379 g/mol. The van der Waals surface area contributed by atoms with Crippen LogP contribution in [-0.2, 0) is 13.6 Å². The van der Waals surface area contributed by atoms with Gasteiger partial charge in [0.05, 0.1) is 18.5 Å². The van der Waals surface area contributed by atoms with Gasteiger partial charge in [-0.25, -0.2) is 4.79 Å². The van der Waals surface area contributed by atoms with Crippen molar-refractivity contribution < 1.29 is 9.21 Å². The number of carbonyl (C=O) groups excluding carboxylic acids is 1. The Balaban J connectivity index is 1.65. The summed E-state index contributed by atoms with van der Waals surface area (Å²) in [6.45, 7) is 0.438. The van der Waals surface area contributed by atoms with Crippen molar-refractivity contribution in [2.24, 2.45) is 7.05 Å². The largest absolute Gasteiger partial charge is 0.467 e. The molecule has 0 saturated heterocycles. The van der Waals surface area contributed by atoms with Gasteiger partial charge in [-0.3, -0.25) is 4.79 Å². The normalized spacial score (nSPS) is 14.9. The fourth-order valence-electron chi connectivity index (χ4n) is 4.03. The highest BCUT2D eigenvalue weighted by atomic mass is 16.3. The minimum absolute atomic E-state index is 0.0756. The van der Waals surface area contributed by atoms with E-state index in [1.165, 1.54) is 11.0 Å². The van der Waals surface area contributed by atoms with Crippen LogP contribution in [0.1, 0.15) is 37.9 Å². The molecule has 4 rings (SSSR count). The third kappa shape index (κ3) is 3.67. The zero-order valence-corrected chi connectivity index (χ0v) is 16.1. The SMILES string of the molecule is Cn1cc(NC(=O)N(Cc2ccco2)C2CCCCC2)c2ccccc2c1=O. The predicted molar refractivity (Wildman–Crippen MR) is 109 cm³/mol. The molecule has 0 atom stereocenters. The van der Waals surface area contributed by atoms with Gasteiger partial charge in [0.2, 0.25) is 0 Å². The van der Waals surface area contributed by atoms with Gasteiger partial charge in [0.15, 0.2) is 0 Å². The van der Waals surface area contributed by atoms with Crippen molar-refractivity contribution in [2.75, 3.05) is 5.32 Å². The van der Waals surface area contributed by atoms with E-state index in [2.05, 4.69) is 5.32 Å². The first-order valence-electron chi connectivity index (χ1n) is 9.82. The maximum atomic E-state index is 13.3. The Morgan fingerprint density at radius 2 is 1.89 bits per heavy atom. The van der Waals surface area contributed by atoms with Gasteiger partial charge in [-0.05, 0) is 31.0 Å². The number of pyridine rings is 1. The lowest BCUT2D eigenvalue weighted by atomic mass is 9.94. The summed E-state index contributed by atoms with van der Waals surface area (Å²) in [4.78, 5) is 27.5. The van der Waals surface area contributed by atoms with Gasteiger partial charge in [-0.1, -0.05) is 37.5 Å². The number of nitrogens with one attached hydrogen (secondary N) is 1. The van der Waals surface area contributed by atoms with E-state index in [1.807, 2.05) is 35.2 Å². The highest BCUT2D eigenvalue weighted by molar-refractivity contribution is 6.01. The van der Waals surface area contributed by atoms with Crippen molar-refractivity contribution in [1.82, 2.24) is 9.47 Å². The topological polar surface area (TPSA) is 67.5 Å². The molecule has 1 saturated carbocycles. The van der Waals surface area contributed by atoms with Crippen LogP contribution in [0.5, 0.6) is 0 Å². The molecule has 1 N–H and O–H groups in total. The van der Waals surface area contributed by atoms with Crippen LogP contribution in [0, 0.1) is 0 Å². The molecule has 3 aromatic rings. The van der Waals surface area contributed by atoms with Crippen LogP contribution >= 0.6 is 0 Å². The molecule has 0 bridgehead atoms. The van der Waals surface area contributed by atoms with Crippen molar-refractivity contribution >= 4 is 22.5 Å².